The molecular formula is C14H13N3O5. The lowest BCUT2D eigenvalue weighted by Gasteiger charge is -2.06. The van der Waals surface area contributed by atoms with Crippen molar-refractivity contribution in [3.8, 4) is 11.5 Å². The van der Waals surface area contributed by atoms with Crippen LogP contribution in [0.5, 0.6) is 11.5 Å². The Hall–Kier alpha value is -3.03. The fourth-order valence-electron chi connectivity index (χ4n) is 2.20. The molecule has 114 valence electrons. The molecule has 0 saturated carbocycles. The summed E-state index contributed by atoms with van der Waals surface area (Å²) in [6, 6.07) is 6.63. The molecule has 8 nitrogen and oxygen atoms in total. The van der Waals surface area contributed by atoms with Crippen LogP contribution in [-0.4, -0.2) is 22.2 Å². The van der Waals surface area contributed by atoms with Crippen molar-refractivity contribution >= 4 is 11.6 Å². The van der Waals surface area contributed by atoms with E-state index in [4.69, 9.17) is 9.47 Å². The van der Waals surface area contributed by atoms with E-state index < -0.39 is 4.92 Å². The zero-order valence-corrected chi connectivity index (χ0v) is 11.7. The summed E-state index contributed by atoms with van der Waals surface area (Å²) in [6.45, 7) is 0.479. The van der Waals surface area contributed by atoms with Gasteiger partial charge in [-0.15, -0.1) is 0 Å². The van der Waals surface area contributed by atoms with E-state index >= 15 is 0 Å². The number of ether oxygens (including phenoxy) is 2. The number of nitrogens with one attached hydrogen (secondary N) is 1. The van der Waals surface area contributed by atoms with E-state index in [1.54, 1.807) is 19.2 Å². The summed E-state index contributed by atoms with van der Waals surface area (Å²) in [5, 5.41) is 13.4. The molecule has 0 spiro atoms. The van der Waals surface area contributed by atoms with E-state index in [0.29, 0.717) is 11.5 Å². The molecule has 0 bridgehead atoms. The lowest BCUT2D eigenvalue weighted by atomic mass is 10.2. The summed E-state index contributed by atoms with van der Waals surface area (Å²) in [6.07, 6.45) is 1.30. The van der Waals surface area contributed by atoms with Gasteiger partial charge in [0.05, 0.1) is 11.1 Å². The predicted octanol–water partition coefficient (Wildman–Crippen LogP) is 1.59. The van der Waals surface area contributed by atoms with E-state index in [1.807, 2.05) is 6.07 Å². The SMILES string of the molecule is Cn1cc([N+](=O)[O-])cc1C(=O)NCc1ccc2c(c1)OCO2. The Labute approximate surface area is 125 Å². The Morgan fingerprint density at radius 1 is 1.36 bits per heavy atom. The molecule has 2 aromatic rings. The fourth-order valence-corrected chi connectivity index (χ4v) is 2.20. The van der Waals surface area contributed by atoms with Crippen molar-refractivity contribution in [1.82, 2.24) is 9.88 Å². The average Bonchev–Trinajstić information content (AvgIpc) is 3.10. The van der Waals surface area contributed by atoms with E-state index in [-0.39, 0.29) is 30.6 Å². The Kier molecular flexibility index (Phi) is 3.42. The Morgan fingerprint density at radius 3 is 2.86 bits per heavy atom. The molecule has 2 heterocycles. The first-order valence-corrected chi connectivity index (χ1v) is 6.52. The zero-order valence-electron chi connectivity index (χ0n) is 11.7. The summed E-state index contributed by atoms with van der Waals surface area (Å²) in [4.78, 5) is 22.3. The van der Waals surface area contributed by atoms with Gasteiger partial charge in [0.25, 0.3) is 11.6 Å². The summed E-state index contributed by atoms with van der Waals surface area (Å²) in [7, 11) is 1.59. The van der Waals surface area contributed by atoms with E-state index in [9.17, 15) is 14.9 Å². The molecule has 0 radical (unpaired) electrons. The molecule has 1 aliphatic heterocycles. The maximum atomic E-state index is 12.1. The monoisotopic (exact) mass is 303 g/mol. The molecule has 1 amide bonds. The van der Waals surface area contributed by atoms with Crippen molar-refractivity contribution < 1.29 is 19.2 Å². The molecule has 1 aromatic carbocycles. The van der Waals surface area contributed by atoms with Crippen LogP contribution in [0.3, 0.4) is 0 Å². The standard InChI is InChI=1S/C14H13N3O5/c1-16-7-10(17(19)20)5-11(16)14(18)15-6-9-2-3-12-13(4-9)22-8-21-12/h2-5,7H,6,8H2,1H3,(H,15,18). The molecule has 0 saturated heterocycles. The van der Waals surface area contributed by atoms with Crippen LogP contribution in [0.2, 0.25) is 0 Å². The maximum Gasteiger partial charge on any atom is 0.287 e. The number of carbonyl (C=O) groups excluding carboxylic acids is 1. The number of carbonyl (C=O) groups is 1. The first-order valence-electron chi connectivity index (χ1n) is 6.52. The lowest BCUT2D eigenvalue weighted by Crippen LogP contribution is -2.24. The highest BCUT2D eigenvalue weighted by atomic mass is 16.7. The number of benzene rings is 1. The molecule has 1 N–H and O–H groups in total. The lowest BCUT2D eigenvalue weighted by molar-refractivity contribution is -0.384. The van der Waals surface area contributed by atoms with Gasteiger partial charge in [-0.2, -0.15) is 0 Å². The molecular weight excluding hydrogens is 290 g/mol. The van der Waals surface area contributed by atoms with Crippen LogP contribution < -0.4 is 14.8 Å². The largest absolute Gasteiger partial charge is 0.454 e. The Bertz CT molecular complexity index is 753. The van der Waals surface area contributed by atoms with Crippen molar-refractivity contribution in [2.24, 2.45) is 7.05 Å². The summed E-state index contributed by atoms with van der Waals surface area (Å²) in [5.74, 6) is 0.933. The number of aryl methyl sites for hydroxylation is 1. The van der Waals surface area contributed by atoms with Gasteiger partial charge in [0.1, 0.15) is 5.69 Å². The van der Waals surface area contributed by atoms with Gasteiger partial charge in [-0.25, -0.2) is 0 Å². The first kappa shape index (κ1) is 13.9. The second kappa shape index (κ2) is 5.40. The van der Waals surface area contributed by atoms with Crippen LogP contribution >= 0.6 is 0 Å². The van der Waals surface area contributed by atoms with Crippen molar-refractivity contribution in [3.63, 3.8) is 0 Å². The highest BCUT2D eigenvalue weighted by Gasteiger charge is 2.18. The number of nitrogens with zero attached hydrogens (tertiary/aromatic N) is 2. The molecule has 0 aliphatic carbocycles. The van der Waals surface area contributed by atoms with Crippen LogP contribution in [0.1, 0.15) is 16.1 Å². The van der Waals surface area contributed by atoms with Crippen LogP contribution in [0.15, 0.2) is 30.5 Å². The first-order chi connectivity index (χ1) is 10.5. The van der Waals surface area contributed by atoms with E-state index in [1.165, 1.54) is 16.8 Å². The van der Waals surface area contributed by atoms with Gasteiger partial charge >= 0.3 is 0 Å². The number of hydrogen-bond donors (Lipinski definition) is 1. The molecule has 0 fully saturated rings. The average molecular weight is 303 g/mol. The van der Waals surface area contributed by atoms with Gasteiger partial charge in [-0.05, 0) is 17.7 Å². The number of hydrogen-bond acceptors (Lipinski definition) is 5. The minimum atomic E-state index is -0.533. The third-order valence-electron chi connectivity index (χ3n) is 3.32. The Balaban J connectivity index is 1.68. The van der Waals surface area contributed by atoms with Crippen LogP contribution in [-0.2, 0) is 13.6 Å². The normalized spacial score (nSPS) is 12.2. The van der Waals surface area contributed by atoms with Crippen molar-refractivity contribution in [3.05, 3.63) is 51.8 Å². The van der Waals surface area contributed by atoms with Crippen molar-refractivity contribution in [2.75, 3.05) is 6.79 Å². The number of aromatic nitrogens is 1. The maximum absolute atomic E-state index is 12.1. The number of nitro groups is 1. The molecule has 1 aromatic heterocycles. The summed E-state index contributed by atoms with van der Waals surface area (Å²) in [5.41, 5.74) is 0.962. The number of amides is 1. The third kappa shape index (κ3) is 2.58. The summed E-state index contributed by atoms with van der Waals surface area (Å²) < 4.78 is 11.9. The Morgan fingerprint density at radius 2 is 2.14 bits per heavy atom. The van der Waals surface area contributed by atoms with Gasteiger partial charge in [0, 0.05) is 19.7 Å². The highest BCUT2D eigenvalue weighted by Crippen LogP contribution is 2.32. The van der Waals surface area contributed by atoms with Gasteiger partial charge < -0.3 is 19.4 Å². The van der Waals surface area contributed by atoms with Gasteiger partial charge in [-0.3, -0.25) is 14.9 Å². The van der Waals surface area contributed by atoms with Gasteiger partial charge in [0.2, 0.25) is 6.79 Å². The summed E-state index contributed by atoms with van der Waals surface area (Å²) >= 11 is 0. The molecule has 22 heavy (non-hydrogen) atoms. The minimum Gasteiger partial charge on any atom is -0.454 e. The fraction of sp³-hybridized carbons (Fsp3) is 0.214. The number of rotatable bonds is 4. The molecule has 1 aliphatic rings. The second-order valence-corrected chi connectivity index (χ2v) is 4.82. The van der Waals surface area contributed by atoms with E-state index in [0.717, 1.165) is 5.56 Å². The van der Waals surface area contributed by atoms with Crippen LogP contribution in [0.25, 0.3) is 0 Å². The molecule has 0 unspecified atom stereocenters. The van der Waals surface area contributed by atoms with Crippen LogP contribution in [0, 0.1) is 10.1 Å². The number of fused-ring (bicyclic) bond motifs is 1. The quantitative estimate of drug-likeness (QED) is 0.683. The minimum absolute atomic E-state index is 0.115. The van der Waals surface area contributed by atoms with Gasteiger partial charge in [-0.1, -0.05) is 6.07 Å². The van der Waals surface area contributed by atoms with Gasteiger partial charge in [0.15, 0.2) is 11.5 Å². The highest BCUT2D eigenvalue weighted by molar-refractivity contribution is 5.93. The van der Waals surface area contributed by atoms with Crippen LogP contribution in [0.4, 0.5) is 5.69 Å². The third-order valence-corrected chi connectivity index (χ3v) is 3.32. The van der Waals surface area contributed by atoms with E-state index in [2.05, 4.69) is 5.32 Å². The molecule has 3 rings (SSSR count). The van der Waals surface area contributed by atoms with Crippen molar-refractivity contribution in [1.29, 1.82) is 0 Å². The topological polar surface area (TPSA) is 95.6 Å². The second-order valence-electron chi connectivity index (χ2n) is 4.82. The predicted molar refractivity (Wildman–Crippen MR) is 75.8 cm³/mol. The smallest absolute Gasteiger partial charge is 0.287 e. The molecule has 8 heteroatoms. The van der Waals surface area contributed by atoms with Crippen molar-refractivity contribution in [2.45, 2.75) is 6.54 Å². The molecule has 0 atom stereocenters. The zero-order chi connectivity index (χ0) is 15.7.